The molecular weight excluding hydrogens is 482 g/mol. The van der Waals surface area contributed by atoms with E-state index in [0.29, 0.717) is 6.79 Å². The fraction of sp³-hybridized carbons (Fsp3) is 0.419. The second kappa shape index (κ2) is 7.10. The van der Waals surface area contributed by atoms with Crippen LogP contribution >= 0.6 is 11.8 Å². The maximum atomic E-state index is 12.1. The highest BCUT2D eigenvalue weighted by Crippen LogP contribution is 2.63. The molecule has 4 aliphatic carbocycles. The Morgan fingerprint density at radius 3 is 2.24 bits per heavy atom. The molecule has 4 heterocycles. The SMILES string of the molecule is O=C1SC2C(=O)N1C2c1ccc2cc(-c3cc4c(c(C56CC7CC(CC(C7)C5)C6)c3)OCO4)ccc2c1. The van der Waals surface area contributed by atoms with Crippen molar-refractivity contribution in [3.63, 3.8) is 0 Å². The van der Waals surface area contributed by atoms with Gasteiger partial charge in [0.15, 0.2) is 11.5 Å². The summed E-state index contributed by atoms with van der Waals surface area (Å²) >= 11 is 1.16. The predicted molar refractivity (Wildman–Crippen MR) is 142 cm³/mol. The highest BCUT2D eigenvalue weighted by molar-refractivity contribution is 8.15. The van der Waals surface area contributed by atoms with Gasteiger partial charge in [0.05, 0.1) is 6.04 Å². The Balaban J connectivity index is 1.11. The maximum absolute atomic E-state index is 12.1. The third-order valence-electron chi connectivity index (χ3n) is 10.1. The van der Waals surface area contributed by atoms with E-state index in [0.717, 1.165) is 57.4 Å². The number of thioether (sulfide) groups is 1. The molecule has 8 aliphatic rings. The van der Waals surface area contributed by atoms with Crippen molar-refractivity contribution in [1.29, 1.82) is 0 Å². The minimum atomic E-state index is -0.249. The van der Waals surface area contributed by atoms with E-state index in [1.165, 1.54) is 60.1 Å². The second-order valence-electron chi connectivity index (χ2n) is 12.2. The zero-order valence-electron chi connectivity index (χ0n) is 20.4. The molecule has 2 amide bonds. The van der Waals surface area contributed by atoms with Crippen molar-refractivity contribution in [2.24, 2.45) is 17.8 Å². The molecule has 186 valence electrons. The Labute approximate surface area is 219 Å². The van der Waals surface area contributed by atoms with E-state index in [2.05, 4.69) is 48.5 Å². The first-order chi connectivity index (χ1) is 18.0. The summed E-state index contributed by atoms with van der Waals surface area (Å²) in [5.74, 6) is 4.44. The number of rotatable bonds is 3. The summed E-state index contributed by atoms with van der Waals surface area (Å²) < 4.78 is 12.1. The molecule has 0 N–H and O–H groups in total. The van der Waals surface area contributed by atoms with Gasteiger partial charge in [0, 0.05) is 5.56 Å². The quantitative estimate of drug-likeness (QED) is 0.363. The van der Waals surface area contributed by atoms with Gasteiger partial charge >= 0.3 is 0 Å². The third kappa shape index (κ3) is 2.82. The predicted octanol–water partition coefficient (Wildman–Crippen LogP) is 6.82. The molecule has 4 saturated carbocycles. The van der Waals surface area contributed by atoms with Gasteiger partial charge < -0.3 is 9.47 Å². The number of carbonyl (C=O) groups excluding carboxylic acids is 2. The maximum Gasteiger partial charge on any atom is 0.289 e. The van der Waals surface area contributed by atoms with Crippen molar-refractivity contribution < 1.29 is 19.1 Å². The first-order valence-electron chi connectivity index (χ1n) is 13.6. The van der Waals surface area contributed by atoms with Crippen LogP contribution < -0.4 is 9.47 Å². The largest absolute Gasteiger partial charge is 0.454 e. The van der Waals surface area contributed by atoms with Crippen LogP contribution in [-0.4, -0.2) is 28.1 Å². The number of ether oxygens (including phenoxy) is 2. The molecule has 3 saturated heterocycles. The topological polar surface area (TPSA) is 55.8 Å². The van der Waals surface area contributed by atoms with E-state index in [1.807, 2.05) is 0 Å². The Morgan fingerprint density at radius 1 is 0.811 bits per heavy atom. The molecule has 4 aliphatic heterocycles. The van der Waals surface area contributed by atoms with Crippen LogP contribution in [0.2, 0.25) is 0 Å². The van der Waals surface area contributed by atoms with E-state index in [4.69, 9.17) is 9.47 Å². The second-order valence-corrected chi connectivity index (χ2v) is 13.3. The van der Waals surface area contributed by atoms with Gasteiger partial charge in [-0.2, -0.15) is 0 Å². The summed E-state index contributed by atoms with van der Waals surface area (Å²) in [6, 6.07) is 17.4. The van der Waals surface area contributed by atoms with E-state index < -0.39 is 0 Å². The van der Waals surface area contributed by atoms with E-state index in [-0.39, 0.29) is 27.9 Å². The number of imide groups is 1. The smallest absolute Gasteiger partial charge is 0.289 e. The Morgan fingerprint density at radius 2 is 1.54 bits per heavy atom. The number of benzene rings is 3. The minimum Gasteiger partial charge on any atom is -0.454 e. The zero-order chi connectivity index (χ0) is 24.5. The first kappa shape index (κ1) is 21.0. The van der Waals surface area contributed by atoms with Crippen molar-refractivity contribution in [2.45, 2.75) is 55.2 Å². The van der Waals surface area contributed by atoms with Gasteiger partial charge in [-0.1, -0.05) is 24.3 Å². The molecule has 37 heavy (non-hydrogen) atoms. The molecule has 6 heteroatoms. The van der Waals surface area contributed by atoms with Crippen molar-refractivity contribution in [2.75, 3.05) is 6.79 Å². The number of hydrogen-bond donors (Lipinski definition) is 0. The Bertz CT molecular complexity index is 1500. The lowest BCUT2D eigenvalue weighted by molar-refractivity contribution is -0.137. The molecule has 3 aromatic rings. The normalized spacial score (nSPS) is 34.5. The van der Waals surface area contributed by atoms with E-state index in [9.17, 15) is 9.59 Å². The van der Waals surface area contributed by atoms with Crippen molar-refractivity contribution >= 4 is 33.7 Å². The van der Waals surface area contributed by atoms with Crippen molar-refractivity contribution in [3.05, 3.63) is 59.7 Å². The van der Waals surface area contributed by atoms with Gasteiger partial charge in [-0.15, -0.1) is 0 Å². The number of β-lactam (4-membered cyclic amide) rings is 1. The molecule has 0 aromatic heterocycles. The monoisotopic (exact) mass is 509 g/mol. The van der Waals surface area contributed by atoms with Crippen LogP contribution in [-0.2, 0) is 10.2 Å². The number of fused-ring (bicyclic) bond motifs is 3. The van der Waals surface area contributed by atoms with Gasteiger partial charge in [-0.3, -0.25) is 14.5 Å². The summed E-state index contributed by atoms with van der Waals surface area (Å²) in [7, 11) is 0. The van der Waals surface area contributed by atoms with Crippen LogP contribution in [0.5, 0.6) is 11.5 Å². The lowest BCUT2D eigenvalue weighted by Crippen LogP contribution is -2.50. The van der Waals surface area contributed by atoms with Crippen LogP contribution in [0.3, 0.4) is 0 Å². The van der Waals surface area contributed by atoms with E-state index >= 15 is 0 Å². The molecule has 0 radical (unpaired) electrons. The molecule has 7 fully saturated rings. The number of hydrogen-bond acceptors (Lipinski definition) is 5. The molecule has 6 bridgehead atoms. The van der Waals surface area contributed by atoms with Crippen LogP contribution in [0.15, 0.2) is 48.5 Å². The summed E-state index contributed by atoms with van der Waals surface area (Å²) in [5.41, 5.74) is 5.02. The van der Waals surface area contributed by atoms with Gasteiger partial charge in [-0.05, 0) is 125 Å². The fourth-order valence-corrected chi connectivity index (χ4v) is 10.1. The summed E-state index contributed by atoms with van der Waals surface area (Å²) in [4.78, 5) is 25.5. The van der Waals surface area contributed by atoms with Gasteiger partial charge in [-0.25, -0.2) is 0 Å². The van der Waals surface area contributed by atoms with E-state index in [1.54, 1.807) is 0 Å². The van der Waals surface area contributed by atoms with Gasteiger partial charge in [0.1, 0.15) is 5.25 Å². The molecule has 3 aromatic carbocycles. The average Bonchev–Trinajstić information content (AvgIpc) is 3.58. The molecular formula is C31H27NO4S. The highest BCUT2D eigenvalue weighted by atomic mass is 32.2. The number of amides is 2. The van der Waals surface area contributed by atoms with Gasteiger partial charge in [0.2, 0.25) is 12.7 Å². The summed E-state index contributed by atoms with van der Waals surface area (Å²) in [6.07, 6.45) is 8.15. The van der Waals surface area contributed by atoms with Crippen LogP contribution in [0.25, 0.3) is 21.9 Å². The molecule has 0 spiro atoms. The highest BCUT2D eigenvalue weighted by Gasteiger charge is 2.60. The van der Waals surface area contributed by atoms with Crippen molar-refractivity contribution in [3.8, 4) is 22.6 Å². The summed E-state index contributed by atoms with van der Waals surface area (Å²) in [5, 5.41) is 1.91. The van der Waals surface area contributed by atoms with Crippen LogP contribution in [0.1, 0.15) is 55.7 Å². The number of nitrogens with zero attached hydrogens (tertiary/aromatic N) is 1. The van der Waals surface area contributed by atoms with Crippen molar-refractivity contribution in [1.82, 2.24) is 4.90 Å². The third-order valence-corrected chi connectivity index (χ3v) is 11.2. The van der Waals surface area contributed by atoms with Gasteiger partial charge in [0.25, 0.3) is 5.24 Å². The lowest BCUT2D eigenvalue weighted by Gasteiger charge is -2.57. The zero-order valence-corrected chi connectivity index (χ0v) is 21.3. The lowest BCUT2D eigenvalue weighted by atomic mass is 9.48. The van der Waals surface area contributed by atoms with Crippen LogP contribution in [0.4, 0.5) is 4.79 Å². The molecule has 5 nitrogen and oxygen atoms in total. The Kier molecular flexibility index (Phi) is 4.03. The Hall–Kier alpha value is -2.99. The minimum absolute atomic E-state index is 0.0481. The molecule has 11 rings (SSSR count). The molecule has 2 unspecified atom stereocenters. The first-order valence-corrected chi connectivity index (χ1v) is 14.4. The average molecular weight is 510 g/mol. The molecule has 2 atom stereocenters. The fourth-order valence-electron chi connectivity index (χ4n) is 8.91. The standard InChI is InChI=1S/C31H27NO4S/c33-29-28-26(32(29)30(34)37-28)22-4-3-19-8-21(2-1-20(19)9-22)23-10-24(27-25(11-23)35-15-36-27)31-12-16-5-17(13-31)7-18(6-16)14-31/h1-4,8-11,16-18,26,28H,5-7,12-15H2. The summed E-state index contributed by atoms with van der Waals surface area (Å²) in [6.45, 7) is 0.307. The number of carbonyl (C=O) groups is 2. The van der Waals surface area contributed by atoms with Crippen LogP contribution in [0, 0.1) is 17.8 Å².